The number of nitrogens with zero attached hydrogens (tertiary/aromatic N) is 1. The molecular weight excluding hydrogens is 354 g/mol. The highest BCUT2D eigenvalue weighted by Gasteiger charge is 2.54. The van der Waals surface area contributed by atoms with E-state index in [1.165, 1.54) is 0 Å². The van der Waals surface area contributed by atoms with Gasteiger partial charge in [0.05, 0.1) is 0 Å². The van der Waals surface area contributed by atoms with Crippen LogP contribution < -0.4 is 10.6 Å². The lowest BCUT2D eigenvalue weighted by molar-refractivity contribution is -0.135. The third-order valence-electron chi connectivity index (χ3n) is 5.78. The lowest BCUT2D eigenvalue weighted by atomic mass is 9.76. The molecule has 0 saturated carbocycles. The molecule has 0 bridgehead atoms. The van der Waals surface area contributed by atoms with Crippen LogP contribution in [-0.4, -0.2) is 35.3 Å². The number of rotatable bonds is 7. The maximum atomic E-state index is 13.2. The molecule has 1 aliphatic carbocycles. The Morgan fingerprint density at radius 1 is 1.21 bits per heavy atom. The monoisotopic (exact) mass is 385 g/mol. The molecule has 1 heterocycles. The predicted octanol–water partition coefficient (Wildman–Crippen LogP) is 3.10. The number of amides is 4. The number of aryl methyl sites for hydroxylation is 1. The topological polar surface area (TPSA) is 78.5 Å². The fraction of sp³-hybridized carbons (Fsp3) is 0.591. The van der Waals surface area contributed by atoms with Crippen LogP contribution in [0.4, 0.5) is 4.79 Å². The highest BCUT2D eigenvalue weighted by atomic mass is 16.2. The molecule has 2 atom stereocenters. The third-order valence-corrected chi connectivity index (χ3v) is 5.78. The Morgan fingerprint density at radius 2 is 1.96 bits per heavy atom. The van der Waals surface area contributed by atoms with Crippen LogP contribution in [0.5, 0.6) is 0 Å². The number of benzene rings is 1. The summed E-state index contributed by atoms with van der Waals surface area (Å²) in [5.41, 5.74) is 0.937. The van der Waals surface area contributed by atoms with Gasteiger partial charge in [-0.2, -0.15) is 0 Å². The summed E-state index contributed by atoms with van der Waals surface area (Å²) in [6.07, 6.45) is 5.35. The first kappa shape index (κ1) is 20.4. The first-order chi connectivity index (χ1) is 13.3. The van der Waals surface area contributed by atoms with Gasteiger partial charge >= 0.3 is 6.03 Å². The maximum Gasteiger partial charge on any atom is 0.325 e. The van der Waals surface area contributed by atoms with Crippen molar-refractivity contribution in [2.24, 2.45) is 5.92 Å². The Bertz CT molecular complexity index is 761. The van der Waals surface area contributed by atoms with Gasteiger partial charge in [-0.05, 0) is 49.7 Å². The largest absolute Gasteiger partial charge is 0.352 e. The summed E-state index contributed by atoms with van der Waals surface area (Å²) < 4.78 is 0. The molecule has 28 heavy (non-hydrogen) atoms. The van der Waals surface area contributed by atoms with Gasteiger partial charge in [0.15, 0.2) is 0 Å². The Morgan fingerprint density at radius 3 is 2.71 bits per heavy atom. The quantitative estimate of drug-likeness (QED) is 0.708. The van der Waals surface area contributed by atoms with E-state index >= 15 is 0 Å². The van der Waals surface area contributed by atoms with Crippen LogP contribution in [0.3, 0.4) is 0 Å². The molecule has 152 valence electrons. The van der Waals surface area contributed by atoms with Gasteiger partial charge < -0.3 is 10.6 Å². The SMILES string of the molecule is CC(C)CCC[C@H](C)NC(=O)CN1C(=O)N[C@]2(CCCc3ccccc32)C1=O. The van der Waals surface area contributed by atoms with E-state index in [9.17, 15) is 14.4 Å². The van der Waals surface area contributed by atoms with Crippen LogP contribution in [0.25, 0.3) is 0 Å². The van der Waals surface area contributed by atoms with E-state index < -0.39 is 11.6 Å². The Balaban J connectivity index is 1.64. The second-order valence-electron chi connectivity index (χ2n) is 8.53. The molecule has 0 unspecified atom stereocenters. The average Bonchev–Trinajstić information content (AvgIpc) is 2.86. The molecule has 6 nitrogen and oxygen atoms in total. The van der Waals surface area contributed by atoms with Gasteiger partial charge in [-0.1, -0.05) is 51.0 Å². The number of carbonyl (C=O) groups excluding carboxylic acids is 3. The van der Waals surface area contributed by atoms with E-state index in [1.54, 1.807) is 0 Å². The standard InChI is InChI=1S/C22H31N3O3/c1-15(2)8-6-9-16(3)23-19(26)14-25-20(27)22(24-21(25)28)13-7-11-17-10-4-5-12-18(17)22/h4-5,10,12,15-16H,6-9,11,13-14H2,1-3H3,(H,23,26)(H,24,28)/t16-,22-/m0/s1. The zero-order chi connectivity index (χ0) is 20.3. The van der Waals surface area contributed by atoms with Gasteiger partial charge in [0, 0.05) is 6.04 Å². The molecule has 1 aliphatic heterocycles. The fourth-order valence-electron chi connectivity index (χ4n) is 4.32. The fourth-order valence-corrected chi connectivity index (χ4v) is 4.32. The summed E-state index contributed by atoms with van der Waals surface area (Å²) >= 11 is 0. The van der Waals surface area contributed by atoms with Crippen molar-refractivity contribution in [1.82, 2.24) is 15.5 Å². The van der Waals surface area contributed by atoms with Gasteiger partial charge in [0.1, 0.15) is 12.1 Å². The zero-order valence-corrected chi connectivity index (χ0v) is 17.1. The van der Waals surface area contributed by atoms with Gasteiger partial charge in [0.2, 0.25) is 5.91 Å². The predicted molar refractivity (Wildman–Crippen MR) is 108 cm³/mol. The number of urea groups is 1. The van der Waals surface area contributed by atoms with Crippen LogP contribution in [0.1, 0.15) is 64.0 Å². The van der Waals surface area contributed by atoms with Crippen molar-refractivity contribution in [2.45, 2.75) is 70.9 Å². The minimum atomic E-state index is -1.02. The lowest BCUT2D eigenvalue weighted by Gasteiger charge is -2.33. The molecule has 1 aromatic carbocycles. The summed E-state index contributed by atoms with van der Waals surface area (Å²) in [6, 6.07) is 7.29. The van der Waals surface area contributed by atoms with Crippen molar-refractivity contribution in [3.05, 3.63) is 35.4 Å². The number of nitrogens with one attached hydrogen (secondary N) is 2. The molecule has 6 heteroatoms. The third kappa shape index (κ3) is 4.05. The number of fused-ring (bicyclic) bond motifs is 2. The van der Waals surface area contributed by atoms with E-state index in [0.29, 0.717) is 12.3 Å². The van der Waals surface area contributed by atoms with Crippen LogP contribution in [0, 0.1) is 5.92 Å². The molecule has 2 N–H and O–H groups in total. The first-order valence-corrected chi connectivity index (χ1v) is 10.4. The number of carbonyl (C=O) groups is 3. The van der Waals surface area contributed by atoms with Gasteiger partial charge in [-0.3, -0.25) is 14.5 Å². The minimum absolute atomic E-state index is 0.0244. The van der Waals surface area contributed by atoms with Crippen LogP contribution >= 0.6 is 0 Å². The maximum absolute atomic E-state index is 13.2. The number of imide groups is 1. The van der Waals surface area contributed by atoms with E-state index in [0.717, 1.165) is 48.1 Å². The number of hydrogen-bond donors (Lipinski definition) is 2. The second-order valence-corrected chi connectivity index (χ2v) is 8.53. The van der Waals surface area contributed by atoms with Crippen LogP contribution in [0.15, 0.2) is 24.3 Å². The van der Waals surface area contributed by atoms with E-state index in [4.69, 9.17) is 0 Å². The summed E-state index contributed by atoms with van der Waals surface area (Å²) in [7, 11) is 0. The van der Waals surface area contributed by atoms with Crippen molar-refractivity contribution >= 4 is 17.8 Å². The van der Waals surface area contributed by atoms with Crippen molar-refractivity contribution in [3.8, 4) is 0 Å². The van der Waals surface area contributed by atoms with Crippen LogP contribution in [0.2, 0.25) is 0 Å². The normalized spacial score (nSPS) is 22.4. The van der Waals surface area contributed by atoms with Crippen molar-refractivity contribution in [3.63, 3.8) is 0 Å². The Labute approximate surface area is 167 Å². The van der Waals surface area contributed by atoms with Crippen molar-refractivity contribution in [2.75, 3.05) is 6.54 Å². The van der Waals surface area contributed by atoms with Gasteiger partial charge in [0.25, 0.3) is 5.91 Å². The molecule has 4 amide bonds. The molecule has 1 fully saturated rings. The van der Waals surface area contributed by atoms with Crippen molar-refractivity contribution in [1.29, 1.82) is 0 Å². The molecule has 3 rings (SSSR count). The summed E-state index contributed by atoms with van der Waals surface area (Å²) in [5.74, 6) is 0.0392. The van der Waals surface area contributed by atoms with E-state index in [-0.39, 0.29) is 24.4 Å². The molecule has 0 aromatic heterocycles. The molecular formula is C22H31N3O3. The highest BCUT2D eigenvalue weighted by Crippen LogP contribution is 2.39. The first-order valence-electron chi connectivity index (χ1n) is 10.4. The lowest BCUT2D eigenvalue weighted by Crippen LogP contribution is -2.47. The van der Waals surface area contributed by atoms with Crippen LogP contribution in [-0.2, 0) is 21.5 Å². The highest BCUT2D eigenvalue weighted by molar-refractivity contribution is 6.09. The Hall–Kier alpha value is -2.37. The molecule has 1 saturated heterocycles. The second kappa shape index (κ2) is 8.33. The number of hydrogen-bond acceptors (Lipinski definition) is 3. The van der Waals surface area contributed by atoms with Crippen molar-refractivity contribution < 1.29 is 14.4 Å². The zero-order valence-electron chi connectivity index (χ0n) is 17.1. The molecule has 0 radical (unpaired) electrons. The smallest absolute Gasteiger partial charge is 0.325 e. The summed E-state index contributed by atoms with van der Waals surface area (Å²) in [6.45, 7) is 6.09. The van der Waals surface area contributed by atoms with Gasteiger partial charge in [-0.25, -0.2) is 4.79 Å². The van der Waals surface area contributed by atoms with E-state index in [1.807, 2.05) is 31.2 Å². The van der Waals surface area contributed by atoms with Gasteiger partial charge in [-0.15, -0.1) is 0 Å². The molecule has 1 spiro atoms. The molecule has 2 aliphatic rings. The average molecular weight is 386 g/mol. The summed E-state index contributed by atoms with van der Waals surface area (Å²) in [5, 5.41) is 5.81. The Kier molecular flexibility index (Phi) is 6.06. The molecule has 1 aromatic rings. The minimum Gasteiger partial charge on any atom is -0.352 e. The van der Waals surface area contributed by atoms with E-state index in [2.05, 4.69) is 24.5 Å². The summed E-state index contributed by atoms with van der Waals surface area (Å²) in [4.78, 5) is 39.2.